The van der Waals surface area contributed by atoms with Gasteiger partial charge in [-0.05, 0) is 18.7 Å². The molecule has 0 radical (unpaired) electrons. The molecule has 0 aliphatic carbocycles. The van der Waals surface area contributed by atoms with E-state index in [-0.39, 0.29) is 0 Å². The minimum Gasteiger partial charge on any atom is -0.361 e. The number of H-pyrrole nitrogens is 1. The van der Waals surface area contributed by atoms with Gasteiger partial charge in [-0.1, -0.05) is 18.2 Å². The van der Waals surface area contributed by atoms with Gasteiger partial charge in [0, 0.05) is 30.3 Å². The fourth-order valence-electron chi connectivity index (χ4n) is 1.60. The Morgan fingerprint density at radius 2 is 2.14 bits per heavy atom. The van der Waals surface area contributed by atoms with E-state index in [4.69, 9.17) is 0 Å². The van der Waals surface area contributed by atoms with Crippen LogP contribution in [0.15, 0.2) is 30.5 Å². The summed E-state index contributed by atoms with van der Waals surface area (Å²) in [6.07, 6.45) is 2.06. The van der Waals surface area contributed by atoms with E-state index in [0.29, 0.717) is 0 Å². The molecule has 0 aliphatic rings. The van der Waals surface area contributed by atoms with E-state index in [2.05, 4.69) is 40.0 Å². The summed E-state index contributed by atoms with van der Waals surface area (Å²) >= 11 is 0. The van der Waals surface area contributed by atoms with Gasteiger partial charge in [0.25, 0.3) is 0 Å². The third-order valence-corrected chi connectivity index (χ3v) is 2.29. The number of aromatic nitrogens is 1. The van der Waals surface area contributed by atoms with Gasteiger partial charge in [-0.15, -0.1) is 0 Å². The minimum atomic E-state index is 0.833. The van der Waals surface area contributed by atoms with Crippen LogP contribution in [0.25, 0.3) is 10.9 Å². The van der Waals surface area contributed by atoms with Crippen molar-refractivity contribution in [2.45, 2.75) is 6.54 Å². The fourth-order valence-corrected chi connectivity index (χ4v) is 1.60. The van der Waals surface area contributed by atoms with Crippen LogP contribution in [-0.2, 0) is 6.54 Å². The van der Waals surface area contributed by atoms with Crippen LogP contribution >= 0.6 is 0 Å². The maximum absolute atomic E-state index is 3.30. The van der Waals surface area contributed by atoms with Gasteiger partial charge in [-0.2, -0.15) is 0 Å². The molecule has 0 saturated heterocycles. The van der Waals surface area contributed by atoms with Crippen LogP contribution in [0.5, 0.6) is 0 Å². The highest BCUT2D eigenvalue weighted by Crippen LogP contribution is 2.16. The van der Waals surface area contributed by atoms with Crippen LogP contribution in [0, 0.1) is 0 Å². The van der Waals surface area contributed by atoms with Gasteiger partial charge in [0.05, 0.1) is 0 Å². The molecule has 3 N–H and O–H groups in total. The van der Waals surface area contributed by atoms with Crippen molar-refractivity contribution in [2.75, 3.05) is 13.7 Å². The molecule has 1 aromatic carbocycles. The quantitative estimate of drug-likeness (QED) is 0.503. The molecule has 1 heterocycles. The van der Waals surface area contributed by atoms with Gasteiger partial charge in [-0.25, -0.2) is 0 Å². The topological polar surface area (TPSA) is 39.8 Å². The van der Waals surface area contributed by atoms with Gasteiger partial charge >= 0.3 is 0 Å². The molecule has 0 bridgehead atoms. The third kappa shape index (κ3) is 1.78. The SMILES string of the molecule is CNCNCc1c[nH]c2ccccc12. The third-order valence-electron chi connectivity index (χ3n) is 2.29. The molecule has 0 unspecified atom stereocenters. The van der Waals surface area contributed by atoms with Gasteiger partial charge < -0.3 is 15.6 Å². The smallest absolute Gasteiger partial charge is 0.0457 e. The Labute approximate surface area is 83.5 Å². The van der Waals surface area contributed by atoms with Crippen molar-refractivity contribution >= 4 is 10.9 Å². The zero-order valence-electron chi connectivity index (χ0n) is 8.30. The summed E-state index contributed by atoms with van der Waals surface area (Å²) in [6.45, 7) is 1.73. The van der Waals surface area contributed by atoms with E-state index in [1.165, 1.54) is 16.5 Å². The maximum atomic E-state index is 3.30. The van der Waals surface area contributed by atoms with Gasteiger partial charge in [0.2, 0.25) is 0 Å². The second-order valence-corrected chi connectivity index (χ2v) is 3.32. The Bertz CT molecular complexity index is 406. The van der Waals surface area contributed by atoms with Crippen molar-refractivity contribution < 1.29 is 0 Å². The Hall–Kier alpha value is -1.32. The summed E-state index contributed by atoms with van der Waals surface area (Å²) in [5, 5.41) is 7.66. The average molecular weight is 189 g/mol. The zero-order valence-corrected chi connectivity index (χ0v) is 8.30. The van der Waals surface area contributed by atoms with Crippen molar-refractivity contribution in [3.8, 4) is 0 Å². The Morgan fingerprint density at radius 3 is 3.00 bits per heavy atom. The fraction of sp³-hybridized carbons (Fsp3) is 0.273. The van der Waals surface area contributed by atoms with Crippen molar-refractivity contribution in [1.82, 2.24) is 15.6 Å². The van der Waals surface area contributed by atoms with E-state index in [1.807, 2.05) is 13.1 Å². The summed E-state index contributed by atoms with van der Waals surface area (Å²) in [7, 11) is 1.93. The number of para-hydroxylation sites is 1. The number of fused-ring (bicyclic) bond motifs is 1. The lowest BCUT2D eigenvalue weighted by Gasteiger charge is -2.01. The number of hydrogen-bond acceptors (Lipinski definition) is 2. The molecule has 1 aromatic heterocycles. The Kier molecular flexibility index (Phi) is 2.81. The molecular formula is C11H15N3. The minimum absolute atomic E-state index is 0.833. The summed E-state index contributed by atoms with van der Waals surface area (Å²) in [6, 6.07) is 8.35. The second kappa shape index (κ2) is 4.26. The Morgan fingerprint density at radius 1 is 1.29 bits per heavy atom. The van der Waals surface area contributed by atoms with Crippen LogP contribution in [0.4, 0.5) is 0 Å². The highest BCUT2D eigenvalue weighted by molar-refractivity contribution is 5.82. The first-order valence-corrected chi connectivity index (χ1v) is 4.82. The van der Waals surface area contributed by atoms with Crippen LogP contribution in [0.2, 0.25) is 0 Å². The van der Waals surface area contributed by atoms with Crippen molar-refractivity contribution in [1.29, 1.82) is 0 Å². The predicted octanol–water partition coefficient (Wildman–Crippen LogP) is 1.43. The second-order valence-electron chi connectivity index (χ2n) is 3.32. The predicted molar refractivity (Wildman–Crippen MR) is 59.1 cm³/mol. The summed E-state index contributed by atoms with van der Waals surface area (Å²) in [5.74, 6) is 0. The summed E-state index contributed by atoms with van der Waals surface area (Å²) < 4.78 is 0. The van der Waals surface area contributed by atoms with Crippen molar-refractivity contribution in [3.05, 3.63) is 36.0 Å². The lowest BCUT2D eigenvalue weighted by molar-refractivity contribution is 0.634. The molecule has 0 spiro atoms. The highest BCUT2D eigenvalue weighted by atomic mass is 15.0. The normalized spacial score (nSPS) is 10.9. The van der Waals surface area contributed by atoms with Crippen LogP contribution in [-0.4, -0.2) is 18.7 Å². The monoisotopic (exact) mass is 189 g/mol. The number of aromatic amines is 1. The highest BCUT2D eigenvalue weighted by Gasteiger charge is 2.00. The molecule has 0 saturated carbocycles. The molecule has 0 atom stereocenters. The van der Waals surface area contributed by atoms with Crippen LogP contribution in [0.3, 0.4) is 0 Å². The van der Waals surface area contributed by atoms with E-state index in [0.717, 1.165) is 13.2 Å². The molecule has 74 valence electrons. The number of benzene rings is 1. The lowest BCUT2D eigenvalue weighted by atomic mass is 10.2. The molecular weight excluding hydrogens is 174 g/mol. The van der Waals surface area contributed by atoms with Crippen LogP contribution in [0.1, 0.15) is 5.56 Å². The van der Waals surface area contributed by atoms with Gasteiger partial charge in [-0.3, -0.25) is 0 Å². The zero-order chi connectivity index (χ0) is 9.80. The van der Waals surface area contributed by atoms with Gasteiger partial charge in [0.15, 0.2) is 0 Å². The van der Waals surface area contributed by atoms with Gasteiger partial charge in [0.1, 0.15) is 0 Å². The number of hydrogen-bond donors (Lipinski definition) is 3. The molecule has 0 fully saturated rings. The van der Waals surface area contributed by atoms with E-state index in [9.17, 15) is 0 Å². The number of nitrogens with one attached hydrogen (secondary N) is 3. The molecule has 14 heavy (non-hydrogen) atoms. The van der Waals surface area contributed by atoms with Crippen molar-refractivity contribution in [2.24, 2.45) is 0 Å². The average Bonchev–Trinajstić information content (AvgIpc) is 2.63. The van der Waals surface area contributed by atoms with E-state index < -0.39 is 0 Å². The standard InChI is InChI=1S/C11H15N3/c1-12-8-13-6-9-7-14-11-5-3-2-4-10(9)11/h2-5,7,12-14H,6,8H2,1H3. The summed E-state index contributed by atoms with van der Waals surface area (Å²) in [4.78, 5) is 3.25. The largest absolute Gasteiger partial charge is 0.361 e. The molecule has 0 aliphatic heterocycles. The molecule has 3 heteroatoms. The summed E-state index contributed by atoms with van der Waals surface area (Å²) in [5.41, 5.74) is 2.52. The molecule has 0 amide bonds. The maximum Gasteiger partial charge on any atom is 0.0457 e. The lowest BCUT2D eigenvalue weighted by Crippen LogP contribution is -2.25. The first-order chi connectivity index (χ1) is 6.92. The van der Waals surface area contributed by atoms with E-state index >= 15 is 0 Å². The molecule has 2 rings (SSSR count). The first-order valence-electron chi connectivity index (χ1n) is 4.82. The van der Waals surface area contributed by atoms with Crippen LogP contribution < -0.4 is 10.6 Å². The number of rotatable bonds is 4. The Balaban J connectivity index is 2.17. The molecule has 3 nitrogen and oxygen atoms in total. The van der Waals surface area contributed by atoms with E-state index in [1.54, 1.807) is 0 Å². The first kappa shape index (κ1) is 9.24. The van der Waals surface area contributed by atoms with Crippen molar-refractivity contribution in [3.63, 3.8) is 0 Å². The molecule has 2 aromatic rings.